The molecule has 0 radical (unpaired) electrons. The van der Waals surface area contributed by atoms with Crippen molar-refractivity contribution in [1.29, 1.82) is 0 Å². The van der Waals surface area contributed by atoms with Crippen LogP contribution in [0.1, 0.15) is 20.8 Å². The summed E-state index contributed by atoms with van der Waals surface area (Å²) in [4.78, 5) is 9.37. The predicted molar refractivity (Wildman–Crippen MR) is 82.5 cm³/mol. The molecular weight excluding hydrogens is 238 g/mol. The van der Waals surface area contributed by atoms with Crippen molar-refractivity contribution in [2.45, 2.75) is 26.8 Å². The van der Waals surface area contributed by atoms with Gasteiger partial charge in [0.05, 0.1) is 6.54 Å². The Hall–Kier alpha value is -1.07. The number of hydrogen-bond acceptors (Lipinski definition) is 3. The number of nitrogens with two attached hydrogens (primary N) is 1. The monoisotopic (exact) mass is 267 g/mol. The minimum atomic E-state index is 0.448. The second kappa shape index (κ2) is 8.17. The Kier molecular flexibility index (Phi) is 6.87. The van der Waals surface area contributed by atoms with E-state index in [2.05, 4.69) is 40.5 Å². The number of guanidine groups is 1. The van der Waals surface area contributed by atoms with Crippen molar-refractivity contribution in [2.75, 3.05) is 45.8 Å². The molecule has 1 aliphatic rings. The van der Waals surface area contributed by atoms with Gasteiger partial charge in [0.15, 0.2) is 5.96 Å². The molecule has 110 valence electrons. The quantitative estimate of drug-likeness (QED) is 0.418. The van der Waals surface area contributed by atoms with Gasteiger partial charge in [-0.05, 0) is 20.4 Å². The molecule has 1 aliphatic heterocycles. The van der Waals surface area contributed by atoms with E-state index in [9.17, 15) is 0 Å². The van der Waals surface area contributed by atoms with Gasteiger partial charge in [0.1, 0.15) is 0 Å². The zero-order valence-corrected chi connectivity index (χ0v) is 12.7. The van der Waals surface area contributed by atoms with Crippen LogP contribution in [0.4, 0.5) is 0 Å². The molecule has 0 aromatic rings. The third kappa shape index (κ3) is 6.07. The summed E-state index contributed by atoms with van der Waals surface area (Å²) in [5, 5.41) is 3.06. The zero-order valence-electron chi connectivity index (χ0n) is 12.7. The van der Waals surface area contributed by atoms with E-state index in [1.54, 1.807) is 0 Å². The van der Waals surface area contributed by atoms with Crippen molar-refractivity contribution < 1.29 is 0 Å². The van der Waals surface area contributed by atoms with Gasteiger partial charge in [0.25, 0.3) is 0 Å². The Morgan fingerprint density at radius 3 is 2.53 bits per heavy atom. The molecule has 1 heterocycles. The average Bonchev–Trinajstić information content (AvgIpc) is 2.42. The number of aliphatic imine (C=N–C) groups is 1. The van der Waals surface area contributed by atoms with E-state index in [-0.39, 0.29) is 0 Å². The topological polar surface area (TPSA) is 56.9 Å². The summed E-state index contributed by atoms with van der Waals surface area (Å²) in [7, 11) is 0. The second-order valence-electron chi connectivity index (χ2n) is 5.36. The molecule has 0 aliphatic carbocycles. The van der Waals surface area contributed by atoms with Crippen LogP contribution in [0.3, 0.4) is 0 Å². The normalized spacial score (nSPS) is 20.3. The smallest absolute Gasteiger partial charge is 0.188 e. The molecule has 1 fully saturated rings. The fraction of sp³-hybridized carbons (Fsp3) is 0.786. The first-order valence-corrected chi connectivity index (χ1v) is 7.17. The van der Waals surface area contributed by atoms with Crippen molar-refractivity contribution in [3.05, 3.63) is 12.2 Å². The maximum atomic E-state index is 5.81. The Balaban J connectivity index is 2.28. The molecule has 0 spiro atoms. The van der Waals surface area contributed by atoms with Crippen LogP contribution in [0.15, 0.2) is 17.1 Å². The molecule has 1 atom stereocenters. The van der Waals surface area contributed by atoms with Gasteiger partial charge in [0.2, 0.25) is 0 Å². The van der Waals surface area contributed by atoms with Gasteiger partial charge >= 0.3 is 0 Å². The average molecular weight is 267 g/mol. The number of hydrogen-bond donors (Lipinski definition) is 2. The van der Waals surface area contributed by atoms with E-state index in [0.717, 1.165) is 44.8 Å². The van der Waals surface area contributed by atoms with Crippen molar-refractivity contribution >= 4 is 5.96 Å². The van der Waals surface area contributed by atoms with Gasteiger partial charge < -0.3 is 16.0 Å². The van der Waals surface area contributed by atoms with Crippen LogP contribution < -0.4 is 11.1 Å². The SMILES string of the molecule is C=C(C)CNC(N)=NCC(C)N1CCN(CC)CC1. The van der Waals surface area contributed by atoms with E-state index in [1.165, 1.54) is 0 Å². The summed E-state index contributed by atoms with van der Waals surface area (Å²) >= 11 is 0. The summed E-state index contributed by atoms with van der Waals surface area (Å²) in [5.74, 6) is 0.516. The van der Waals surface area contributed by atoms with Crippen LogP contribution in [0.25, 0.3) is 0 Å². The predicted octanol–water partition coefficient (Wildman–Crippen LogP) is 0.493. The van der Waals surface area contributed by atoms with E-state index in [1.807, 2.05) is 6.92 Å². The van der Waals surface area contributed by atoms with Crippen molar-refractivity contribution in [2.24, 2.45) is 10.7 Å². The van der Waals surface area contributed by atoms with Crippen LogP contribution in [-0.4, -0.2) is 67.6 Å². The van der Waals surface area contributed by atoms with Crippen molar-refractivity contribution in [3.8, 4) is 0 Å². The highest BCUT2D eigenvalue weighted by Crippen LogP contribution is 2.06. The molecule has 19 heavy (non-hydrogen) atoms. The number of nitrogens with zero attached hydrogens (tertiary/aromatic N) is 3. The lowest BCUT2D eigenvalue weighted by molar-refractivity contribution is 0.109. The Bertz CT molecular complexity index is 305. The van der Waals surface area contributed by atoms with E-state index < -0.39 is 0 Å². The first kappa shape index (κ1) is 16.0. The fourth-order valence-corrected chi connectivity index (χ4v) is 2.16. The third-order valence-electron chi connectivity index (χ3n) is 3.57. The Morgan fingerprint density at radius 1 is 1.37 bits per heavy atom. The molecule has 3 N–H and O–H groups in total. The maximum absolute atomic E-state index is 5.81. The fourth-order valence-electron chi connectivity index (χ4n) is 2.16. The highest BCUT2D eigenvalue weighted by Gasteiger charge is 2.19. The second-order valence-corrected chi connectivity index (χ2v) is 5.36. The minimum Gasteiger partial charge on any atom is -0.370 e. The molecule has 5 nitrogen and oxygen atoms in total. The maximum Gasteiger partial charge on any atom is 0.188 e. The standard InChI is InChI=1S/C14H29N5/c1-5-18-6-8-19(9-7-18)13(4)11-17-14(15)16-10-12(2)3/h13H,2,5-11H2,1,3-4H3,(H3,15,16,17). The van der Waals surface area contributed by atoms with Gasteiger partial charge in [-0.2, -0.15) is 0 Å². The lowest BCUT2D eigenvalue weighted by Crippen LogP contribution is -2.50. The lowest BCUT2D eigenvalue weighted by atomic mass is 10.2. The molecule has 5 heteroatoms. The largest absolute Gasteiger partial charge is 0.370 e. The molecule has 1 saturated heterocycles. The number of likely N-dealkylation sites (N-methyl/N-ethyl adjacent to an activating group) is 1. The van der Waals surface area contributed by atoms with Crippen LogP contribution >= 0.6 is 0 Å². The van der Waals surface area contributed by atoms with E-state index >= 15 is 0 Å². The number of nitrogens with one attached hydrogen (secondary N) is 1. The van der Waals surface area contributed by atoms with E-state index in [4.69, 9.17) is 5.73 Å². The van der Waals surface area contributed by atoms with E-state index in [0.29, 0.717) is 18.5 Å². The van der Waals surface area contributed by atoms with Gasteiger partial charge in [0, 0.05) is 38.8 Å². The van der Waals surface area contributed by atoms with Gasteiger partial charge in [-0.1, -0.05) is 19.1 Å². The molecule has 0 aromatic heterocycles. The first-order chi connectivity index (χ1) is 9.02. The molecule has 0 bridgehead atoms. The molecule has 0 saturated carbocycles. The molecule has 1 unspecified atom stereocenters. The van der Waals surface area contributed by atoms with Crippen LogP contribution in [0.5, 0.6) is 0 Å². The van der Waals surface area contributed by atoms with Crippen LogP contribution in [0, 0.1) is 0 Å². The van der Waals surface area contributed by atoms with Gasteiger partial charge in [-0.25, -0.2) is 0 Å². The molecule has 0 aromatic carbocycles. The number of piperazine rings is 1. The number of rotatable bonds is 6. The minimum absolute atomic E-state index is 0.448. The summed E-state index contributed by atoms with van der Waals surface area (Å²) in [6.45, 7) is 17.4. The Labute approximate surface area is 117 Å². The van der Waals surface area contributed by atoms with Crippen molar-refractivity contribution in [3.63, 3.8) is 0 Å². The zero-order chi connectivity index (χ0) is 14.3. The lowest BCUT2D eigenvalue weighted by Gasteiger charge is -2.37. The summed E-state index contributed by atoms with van der Waals surface area (Å²) in [6, 6.07) is 0.448. The summed E-state index contributed by atoms with van der Waals surface area (Å²) in [5.41, 5.74) is 6.87. The molecular formula is C14H29N5. The highest BCUT2D eigenvalue weighted by molar-refractivity contribution is 5.78. The summed E-state index contributed by atoms with van der Waals surface area (Å²) < 4.78 is 0. The van der Waals surface area contributed by atoms with Gasteiger partial charge in [-0.3, -0.25) is 9.89 Å². The van der Waals surface area contributed by atoms with Gasteiger partial charge in [-0.15, -0.1) is 0 Å². The highest BCUT2D eigenvalue weighted by atomic mass is 15.3. The molecule has 0 amide bonds. The van der Waals surface area contributed by atoms with Crippen LogP contribution in [0.2, 0.25) is 0 Å². The first-order valence-electron chi connectivity index (χ1n) is 7.17. The van der Waals surface area contributed by atoms with Crippen molar-refractivity contribution in [1.82, 2.24) is 15.1 Å². The third-order valence-corrected chi connectivity index (χ3v) is 3.57. The Morgan fingerprint density at radius 2 is 2.00 bits per heavy atom. The summed E-state index contributed by atoms with van der Waals surface area (Å²) in [6.07, 6.45) is 0. The molecule has 1 rings (SSSR count). The van der Waals surface area contributed by atoms with Crippen LogP contribution in [-0.2, 0) is 0 Å².